The summed E-state index contributed by atoms with van der Waals surface area (Å²) in [5.41, 5.74) is 1.08. The quantitative estimate of drug-likeness (QED) is 0.721. The second-order valence-corrected chi connectivity index (χ2v) is 5.83. The first-order valence-electron chi connectivity index (χ1n) is 6.60. The second kappa shape index (κ2) is 8.39. The third-order valence-corrected chi connectivity index (χ3v) is 3.61. The topological polar surface area (TPSA) is 30.5 Å². The SMILES string of the molecule is COCCNCc1cc(Br)ccc1Oc1ccc(Cl)cc1. The summed E-state index contributed by atoms with van der Waals surface area (Å²) in [5, 5.41) is 4.01. The van der Waals surface area contributed by atoms with E-state index in [4.69, 9.17) is 21.1 Å². The lowest BCUT2D eigenvalue weighted by Gasteiger charge is -2.12. The van der Waals surface area contributed by atoms with Gasteiger partial charge in [-0.1, -0.05) is 27.5 Å². The summed E-state index contributed by atoms with van der Waals surface area (Å²) in [6.45, 7) is 2.19. The van der Waals surface area contributed by atoms with Crippen molar-refractivity contribution in [2.75, 3.05) is 20.3 Å². The number of nitrogens with one attached hydrogen (secondary N) is 1. The smallest absolute Gasteiger partial charge is 0.131 e. The lowest BCUT2D eigenvalue weighted by molar-refractivity contribution is 0.199. The van der Waals surface area contributed by atoms with Crippen LogP contribution in [0.1, 0.15) is 5.56 Å². The molecule has 1 N–H and O–H groups in total. The molecule has 0 unspecified atom stereocenters. The molecule has 2 aromatic rings. The van der Waals surface area contributed by atoms with E-state index in [1.807, 2.05) is 42.5 Å². The maximum absolute atomic E-state index is 5.93. The van der Waals surface area contributed by atoms with Crippen LogP contribution in [0.3, 0.4) is 0 Å². The molecule has 0 saturated carbocycles. The molecular weight excluding hydrogens is 354 g/mol. The fourth-order valence-electron chi connectivity index (χ4n) is 1.81. The first-order chi connectivity index (χ1) is 10.2. The van der Waals surface area contributed by atoms with E-state index in [-0.39, 0.29) is 0 Å². The zero-order valence-corrected chi connectivity index (χ0v) is 14.1. The van der Waals surface area contributed by atoms with E-state index in [9.17, 15) is 0 Å². The summed E-state index contributed by atoms with van der Waals surface area (Å²) in [4.78, 5) is 0. The third-order valence-electron chi connectivity index (χ3n) is 2.86. The van der Waals surface area contributed by atoms with Crippen LogP contribution in [0.4, 0.5) is 0 Å². The predicted molar refractivity (Wildman–Crippen MR) is 89.3 cm³/mol. The fourth-order valence-corrected chi connectivity index (χ4v) is 2.35. The van der Waals surface area contributed by atoms with Gasteiger partial charge in [-0.25, -0.2) is 0 Å². The van der Waals surface area contributed by atoms with E-state index in [2.05, 4.69) is 21.2 Å². The Bertz CT molecular complexity index is 575. The van der Waals surface area contributed by atoms with E-state index >= 15 is 0 Å². The molecule has 0 fully saturated rings. The predicted octanol–water partition coefficient (Wildman–Crippen LogP) is 4.63. The molecule has 112 valence electrons. The van der Waals surface area contributed by atoms with E-state index < -0.39 is 0 Å². The molecule has 0 bridgehead atoms. The Morgan fingerprint density at radius 3 is 2.62 bits per heavy atom. The standard InChI is InChI=1S/C16H17BrClNO2/c1-20-9-8-19-11-12-10-13(17)2-7-16(12)21-15-5-3-14(18)4-6-15/h2-7,10,19H,8-9,11H2,1H3. The minimum absolute atomic E-state index is 0.682. The van der Waals surface area contributed by atoms with Gasteiger partial charge in [0.15, 0.2) is 0 Å². The van der Waals surface area contributed by atoms with Crippen LogP contribution >= 0.6 is 27.5 Å². The molecule has 0 heterocycles. The van der Waals surface area contributed by atoms with Crippen molar-refractivity contribution in [3.8, 4) is 11.5 Å². The summed E-state index contributed by atoms with van der Waals surface area (Å²) in [5.74, 6) is 1.59. The Morgan fingerprint density at radius 2 is 1.90 bits per heavy atom. The van der Waals surface area contributed by atoms with Gasteiger partial charge in [0.25, 0.3) is 0 Å². The van der Waals surface area contributed by atoms with E-state index in [0.29, 0.717) is 18.2 Å². The Kier molecular flexibility index (Phi) is 6.51. The van der Waals surface area contributed by atoms with Gasteiger partial charge in [-0.3, -0.25) is 0 Å². The molecule has 0 saturated heterocycles. The number of ether oxygens (including phenoxy) is 2. The maximum atomic E-state index is 5.93. The Balaban J connectivity index is 2.08. The molecule has 2 aromatic carbocycles. The lowest BCUT2D eigenvalue weighted by atomic mass is 10.2. The summed E-state index contributed by atoms with van der Waals surface area (Å²) in [6.07, 6.45) is 0. The van der Waals surface area contributed by atoms with Crippen molar-refractivity contribution in [1.82, 2.24) is 5.32 Å². The first kappa shape index (κ1) is 16.3. The molecule has 5 heteroatoms. The zero-order chi connectivity index (χ0) is 15.1. The third kappa shape index (κ3) is 5.32. The lowest BCUT2D eigenvalue weighted by Crippen LogP contribution is -2.18. The molecule has 2 rings (SSSR count). The van der Waals surface area contributed by atoms with Crippen LogP contribution < -0.4 is 10.1 Å². The molecule has 0 atom stereocenters. The Hall–Kier alpha value is -1.07. The zero-order valence-electron chi connectivity index (χ0n) is 11.7. The number of hydrogen-bond acceptors (Lipinski definition) is 3. The van der Waals surface area contributed by atoms with Crippen LogP contribution in [0.2, 0.25) is 5.02 Å². The Labute approximate surface area is 138 Å². The van der Waals surface area contributed by atoms with Crippen LogP contribution in [-0.2, 0) is 11.3 Å². The van der Waals surface area contributed by atoms with Crippen molar-refractivity contribution < 1.29 is 9.47 Å². The van der Waals surface area contributed by atoms with E-state index in [0.717, 1.165) is 28.1 Å². The maximum Gasteiger partial charge on any atom is 0.131 e. The Morgan fingerprint density at radius 1 is 1.14 bits per heavy atom. The molecule has 0 aliphatic carbocycles. The van der Waals surface area contributed by atoms with Gasteiger partial charge < -0.3 is 14.8 Å². The summed E-state index contributed by atoms with van der Waals surface area (Å²) in [6, 6.07) is 13.3. The van der Waals surface area contributed by atoms with Crippen LogP contribution in [0.5, 0.6) is 11.5 Å². The van der Waals surface area contributed by atoms with Crippen LogP contribution in [0, 0.1) is 0 Å². The molecule has 0 aromatic heterocycles. The van der Waals surface area contributed by atoms with Gasteiger partial charge >= 0.3 is 0 Å². The number of methoxy groups -OCH3 is 1. The largest absolute Gasteiger partial charge is 0.457 e. The molecule has 0 aliphatic heterocycles. The fraction of sp³-hybridized carbons (Fsp3) is 0.250. The highest BCUT2D eigenvalue weighted by molar-refractivity contribution is 9.10. The van der Waals surface area contributed by atoms with Crippen LogP contribution in [-0.4, -0.2) is 20.3 Å². The first-order valence-corrected chi connectivity index (χ1v) is 7.77. The number of benzene rings is 2. The highest BCUT2D eigenvalue weighted by atomic mass is 79.9. The monoisotopic (exact) mass is 369 g/mol. The highest BCUT2D eigenvalue weighted by Gasteiger charge is 2.06. The highest BCUT2D eigenvalue weighted by Crippen LogP contribution is 2.28. The van der Waals surface area contributed by atoms with Gasteiger partial charge in [-0.15, -0.1) is 0 Å². The number of halogens is 2. The molecule has 0 amide bonds. The van der Waals surface area contributed by atoms with Gasteiger partial charge in [-0.2, -0.15) is 0 Å². The molecular formula is C16H17BrClNO2. The number of hydrogen-bond donors (Lipinski definition) is 1. The average molecular weight is 371 g/mol. The molecule has 0 radical (unpaired) electrons. The molecule has 21 heavy (non-hydrogen) atoms. The van der Waals surface area contributed by atoms with Gasteiger partial charge in [0, 0.05) is 35.3 Å². The minimum atomic E-state index is 0.682. The van der Waals surface area contributed by atoms with Gasteiger partial charge in [0.1, 0.15) is 11.5 Å². The summed E-state index contributed by atoms with van der Waals surface area (Å²) < 4.78 is 12.0. The molecule has 0 spiro atoms. The summed E-state index contributed by atoms with van der Waals surface area (Å²) in [7, 11) is 1.69. The van der Waals surface area contributed by atoms with E-state index in [1.54, 1.807) is 7.11 Å². The number of rotatable bonds is 7. The van der Waals surface area contributed by atoms with Crippen molar-refractivity contribution in [1.29, 1.82) is 0 Å². The van der Waals surface area contributed by atoms with Crippen molar-refractivity contribution in [2.45, 2.75) is 6.54 Å². The van der Waals surface area contributed by atoms with Crippen molar-refractivity contribution in [2.24, 2.45) is 0 Å². The van der Waals surface area contributed by atoms with Crippen molar-refractivity contribution in [3.63, 3.8) is 0 Å². The van der Waals surface area contributed by atoms with Crippen LogP contribution in [0.25, 0.3) is 0 Å². The van der Waals surface area contributed by atoms with Crippen LogP contribution in [0.15, 0.2) is 46.9 Å². The van der Waals surface area contributed by atoms with Crippen molar-refractivity contribution in [3.05, 3.63) is 57.5 Å². The van der Waals surface area contributed by atoms with Gasteiger partial charge in [0.2, 0.25) is 0 Å². The molecule has 0 aliphatic rings. The van der Waals surface area contributed by atoms with Gasteiger partial charge in [0.05, 0.1) is 6.61 Å². The van der Waals surface area contributed by atoms with Crippen molar-refractivity contribution >= 4 is 27.5 Å². The summed E-state index contributed by atoms with van der Waals surface area (Å²) >= 11 is 9.37. The minimum Gasteiger partial charge on any atom is -0.457 e. The second-order valence-electron chi connectivity index (χ2n) is 4.48. The van der Waals surface area contributed by atoms with E-state index in [1.165, 1.54) is 0 Å². The normalized spacial score (nSPS) is 10.6. The molecule has 3 nitrogen and oxygen atoms in total. The van der Waals surface area contributed by atoms with Gasteiger partial charge in [-0.05, 0) is 42.5 Å². The average Bonchev–Trinajstić information content (AvgIpc) is 2.48.